The Kier molecular flexibility index (Phi) is 5.45. The summed E-state index contributed by atoms with van der Waals surface area (Å²) in [4.78, 5) is 2.25. The van der Waals surface area contributed by atoms with Crippen molar-refractivity contribution >= 4 is 29.3 Å². The Hall–Kier alpha value is -2.78. The summed E-state index contributed by atoms with van der Waals surface area (Å²) in [6.45, 7) is 5.70. The first-order valence-electron chi connectivity index (χ1n) is 10.1. The zero-order chi connectivity index (χ0) is 21.4. The van der Waals surface area contributed by atoms with Crippen LogP contribution >= 0.6 is 23.4 Å². The summed E-state index contributed by atoms with van der Waals surface area (Å²) in [7, 11) is 0. The highest BCUT2D eigenvalue weighted by Crippen LogP contribution is 2.33. The minimum Gasteiger partial charge on any atom is -0.466 e. The zero-order valence-electron chi connectivity index (χ0n) is 17.2. The lowest BCUT2D eigenvalue weighted by atomic mass is 10.2. The van der Waals surface area contributed by atoms with Gasteiger partial charge < -0.3 is 13.7 Å². The van der Waals surface area contributed by atoms with Crippen molar-refractivity contribution in [3.05, 3.63) is 52.8 Å². The number of benzene rings is 1. The van der Waals surface area contributed by atoms with Crippen molar-refractivity contribution in [1.29, 1.82) is 0 Å². The van der Waals surface area contributed by atoms with Gasteiger partial charge in [-0.3, -0.25) is 4.57 Å². The minimum absolute atomic E-state index is 0.454. The molecule has 0 radical (unpaired) electrons. The molecule has 4 aromatic rings. The molecule has 0 unspecified atom stereocenters. The van der Waals surface area contributed by atoms with Crippen LogP contribution in [0.1, 0.15) is 30.3 Å². The van der Waals surface area contributed by atoms with Crippen molar-refractivity contribution in [3.8, 4) is 17.1 Å². The van der Waals surface area contributed by atoms with Crippen LogP contribution in [0.25, 0.3) is 17.1 Å². The van der Waals surface area contributed by atoms with Gasteiger partial charge in [0, 0.05) is 13.1 Å². The van der Waals surface area contributed by atoms with Gasteiger partial charge >= 0.3 is 0 Å². The third-order valence-corrected chi connectivity index (χ3v) is 6.39. The molecule has 0 atom stereocenters. The van der Waals surface area contributed by atoms with E-state index in [9.17, 15) is 0 Å². The fourth-order valence-corrected chi connectivity index (χ4v) is 4.71. The maximum absolute atomic E-state index is 6.52. The topological polar surface area (TPSA) is 86.0 Å². The second-order valence-electron chi connectivity index (χ2n) is 7.38. The van der Waals surface area contributed by atoms with E-state index in [1.807, 2.05) is 48.7 Å². The molecular formula is C21H21ClN6O2S. The molecule has 1 aliphatic rings. The molecule has 0 amide bonds. The smallest absolute Gasteiger partial charge is 0.251 e. The van der Waals surface area contributed by atoms with E-state index in [0.717, 1.165) is 59.8 Å². The molecule has 10 heteroatoms. The van der Waals surface area contributed by atoms with E-state index in [-0.39, 0.29) is 0 Å². The Morgan fingerprint density at radius 2 is 1.84 bits per heavy atom. The van der Waals surface area contributed by atoms with Crippen LogP contribution in [0.3, 0.4) is 0 Å². The van der Waals surface area contributed by atoms with Crippen molar-refractivity contribution in [2.75, 3.05) is 18.0 Å². The molecule has 0 spiro atoms. The first-order chi connectivity index (χ1) is 15.1. The molecule has 0 saturated carbocycles. The number of furan rings is 1. The third kappa shape index (κ3) is 3.95. The van der Waals surface area contributed by atoms with Crippen molar-refractivity contribution in [2.45, 2.75) is 37.6 Å². The predicted molar refractivity (Wildman–Crippen MR) is 119 cm³/mol. The Labute approximate surface area is 188 Å². The molecule has 3 aromatic heterocycles. The van der Waals surface area contributed by atoms with E-state index < -0.39 is 0 Å². The molecule has 8 nitrogen and oxygen atoms in total. The van der Waals surface area contributed by atoms with E-state index >= 15 is 0 Å². The molecule has 5 rings (SSSR count). The molecule has 0 bridgehead atoms. The molecule has 1 aliphatic heterocycles. The van der Waals surface area contributed by atoms with Crippen LogP contribution in [-0.4, -0.2) is 38.1 Å². The first-order valence-corrected chi connectivity index (χ1v) is 11.4. The summed E-state index contributed by atoms with van der Waals surface area (Å²) >= 11 is 8.00. The van der Waals surface area contributed by atoms with Crippen LogP contribution in [0.15, 0.2) is 44.3 Å². The van der Waals surface area contributed by atoms with Crippen molar-refractivity contribution in [3.63, 3.8) is 0 Å². The predicted octanol–water partition coefficient (Wildman–Crippen LogP) is 5.07. The summed E-state index contributed by atoms with van der Waals surface area (Å²) in [6, 6.07) is 9.62. The van der Waals surface area contributed by atoms with Gasteiger partial charge in [0.25, 0.3) is 5.89 Å². The number of para-hydroxylation sites is 1. The first kappa shape index (κ1) is 20.1. The number of hydrogen-bond donors (Lipinski definition) is 0. The Bertz CT molecular complexity index is 1210. The standard InChI is InChI=1S/C21H21ClN6O2S/c1-13-11-15(14(2)29-13)19-24-23-18(30-19)12-31-21-26-25-20(27-9-5-6-10-27)28(21)17-8-4-3-7-16(17)22/h3-4,7-8,11H,5-6,9-10,12H2,1-2H3. The highest BCUT2D eigenvalue weighted by Gasteiger charge is 2.24. The third-order valence-electron chi connectivity index (χ3n) is 5.16. The highest BCUT2D eigenvalue weighted by atomic mass is 35.5. The summed E-state index contributed by atoms with van der Waals surface area (Å²) in [5.41, 5.74) is 1.67. The van der Waals surface area contributed by atoms with Crippen LogP contribution in [0, 0.1) is 13.8 Å². The SMILES string of the molecule is Cc1cc(-c2nnc(CSc3nnc(N4CCCC4)n3-c3ccccc3Cl)o2)c(C)o1. The van der Waals surface area contributed by atoms with Gasteiger partial charge in [-0.05, 0) is 44.9 Å². The largest absolute Gasteiger partial charge is 0.466 e. The summed E-state index contributed by atoms with van der Waals surface area (Å²) in [5, 5.41) is 18.7. The lowest BCUT2D eigenvalue weighted by molar-refractivity contribution is 0.499. The second kappa shape index (κ2) is 8.39. The number of anilines is 1. The summed E-state index contributed by atoms with van der Waals surface area (Å²) in [5.74, 6) is 3.80. The summed E-state index contributed by atoms with van der Waals surface area (Å²) < 4.78 is 13.4. The molecule has 0 N–H and O–H groups in total. The molecule has 4 heterocycles. The van der Waals surface area contributed by atoms with Gasteiger partial charge in [0.2, 0.25) is 11.8 Å². The van der Waals surface area contributed by atoms with Gasteiger partial charge in [-0.25, -0.2) is 0 Å². The number of thioether (sulfide) groups is 1. The average Bonchev–Trinajstić information content (AvgIpc) is 3.54. The van der Waals surface area contributed by atoms with Crippen molar-refractivity contribution in [2.24, 2.45) is 0 Å². The normalized spacial score (nSPS) is 14.0. The fraction of sp³-hybridized carbons (Fsp3) is 0.333. The van der Waals surface area contributed by atoms with Crippen LogP contribution in [0.2, 0.25) is 5.02 Å². The van der Waals surface area contributed by atoms with Gasteiger partial charge in [0.15, 0.2) is 5.16 Å². The maximum Gasteiger partial charge on any atom is 0.251 e. The van der Waals surface area contributed by atoms with Crippen LogP contribution < -0.4 is 4.90 Å². The van der Waals surface area contributed by atoms with Crippen molar-refractivity contribution < 1.29 is 8.83 Å². The monoisotopic (exact) mass is 456 g/mol. The van der Waals surface area contributed by atoms with E-state index in [0.29, 0.717) is 22.6 Å². The minimum atomic E-state index is 0.454. The second-order valence-corrected chi connectivity index (χ2v) is 8.73. The maximum atomic E-state index is 6.52. The number of aromatic nitrogens is 5. The molecule has 1 saturated heterocycles. The van der Waals surface area contributed by atoms with E-state index in [4.69, 9.17) is 20.4 Å². The van der Waals surface area contributed by atoms with Gasteiger partial charge in [0.05, 0.1) is 22.0 Å². The number of halogens is 1. The molecular weight excluding hydrogens is 436 g/mol. The molecule has 1 aromatic carbocycles. The molecule has 160 valence electrons. The number of rotatable bonds is 6. The number of aryl methyl sites for hydroxylation is 2. The van der Waals surface area contributed by atoms with E-state index in [1.165, 1.54) is 11.8 Å². The van der Waals surface area contributed by atoms with Crippen molar-refractivity contribution in [1.82, 2.24) is 25.0 Å². The lowest BCUT2D eigenvalue weighted by Gasteiger charge is -2.18. The quantitative estimate of drug-likeness (QED) is 0.371. The number of nitrogens with zero attached hydrogens (tertiary/aromatic N) is 6. The van der Waals surface area contributed by atoms with Gasteiger partial charge in [-0.2, -0.15) is 0 Å². The van der Waals surface area contributed by atoms with Crippen LogP contribution in [0.4, 0.5) is 5.95 Å². The Morgan fingerprint density at radius 3 is 2.58 bits per heavy atom. The Balaban J connectivity index is 1.42. The molecule has 31 heavy (non-hydrogen) atoms. The van der Waals surface area contributed by atoms with Gasteiger partial charge in [-0.1, -0.05) is 35.5 Å². The average molecular weight is 457 g/mol. The van der Waals surface area contributed by atoms with Crippen LogP contribution in [-0.2, 0) is 5.75 Å². The highest BCUT2D eigenvalue weighted by molar-refractivity contribution is 7.98. The van der Waals surface area contributed by atoms with Gasteiger partial charge in [-0.15, -0.1) is 20.4 Å². The lowest BCUT2D eigenvalue weighted by Crippen LogP contribution is -2.22. The molecule has 1 fully saturated rings. The zero-order valence-corrected chi connectivity index (χ0v) is 18.8. The Morgan fingerprint density at radius 1 is 1.03 bits per heavy atom. The molecule has 0 aliphatic carbocycles. The fourth-order valence-electron chi connectivity index (χ4n) is 3.71. The van der Waals surface area contributed by atoms with E-state index in [2.05, 4.69) is 25.3 Å². The van der Waals surface area contributed by atoms with Crippen LogP contribution in [0.5, 0.6) is 0 Å². The van der Waals surface area contributed by atoms with Gasteiger partial charge in [0.1, 0.15) is 11.5 Å². The number of hydrogen-bond acceptors (Lipinski definition) is 8. The summed E-state index contributed by atoms with van der Waals surface area (Å²) in [6.07, 6.45) is 2.30. The van der Waals surface area contributed by atoms with E-state index in [1.54, 1.807) is 0 Å².